The summed E-state index contributed by atoms with van der Waals surface area (Å²) in [5.41, 5.74) is 2.45. The molecular weight excluding hydrogens is 210 g/mol. The third-order valence-electron chi connectivity index (χ3n) is 2.51. The third-order valence-corrected chi connectivity index (χ3v) is 2.74. The van der Waals surface area contributed by atoms with Gasteiger partial charge in [0.2, 0.25) is 0 Å². The number of nitrogens with one attached hydrogen (secondary N) is 1. The number of aryl methyl sites for hydroxylation is 1. The molecule has 0 saturated carbocycles. The Balaban J connectivity index is 2.50. The van der Waals surface area contributed by atoms with Crippen LogP contribution in [0.5, 0.6) is 0 Å². The van der Waals surface area contributed by atoms with Crippen molar-refractivity contribution in [3.05, 3.63) is 34.3 Å². The average molecular weight is 228 g/mol. The molecule has 15 heavy (non-hydrogen) atoms. The predicted molar refractivity (Wildman–Crippen MR) is 64.2 cm³/mol. The van der Waals surface area contributed by atoms with Crippen LogP contribution in [0.1, 0.15) is 24.5 Å². The summed E-state index contributed by atoms with van der Waals surface area (Å²) < 4.78 is 0. The monoisotopic (exact) mass is 227 g/mol. The van der Waals surface area contributed by atoms with Crippen LogP contribution in [-0.4, -0.2) is 17.8 Å². The fourth-order valence-electron chi connectivity index (χ4n) is 1.44. The van der Waals surface area contributed by atoms with Crippen LogP contribution in [0.4, 0.5) is 0 Å². The minimum Gasteiger partial charge on any atom is -0.396 e. The van der Waals surface area contributed by atoms with E-state index in [1.807, 2.05) is 18.2 Å². The molecule has 3 heteroatoms. The van der Waals surface area contributed by atoms with E-state index in [-0.39, 0.29) is 6.61 Å². The van der Waals surface area contributed by atoms with Gasteiger partial charge >= 0.3 is 0 Å². The number of aliphatic hydroxyl groups excluding tert-OH is 1. The molecule has 0 bridgehead atoms. The van der Waals surface area contributed by atoms with Crippen LogP contribution in [-0.2, 0) is 6.54 Å². The summed E-state index contributed by atoms with van der Waals surface area (Å²) in [7, 11) is 0. The van der Waals surface area contributed by atoms with Crippen LogP contribution >= 0.6 is 11.6 Å². The fraction of sp³-hybridized carbons (Fsp3) is 0.500. The van der Waals surface area contributed by atoms with Crippen molar-refractivity contribution in [1.29, 1.82) is 0 Å². The number of rotatable bonds is 5. The first-order valence-electron chi connectivity index (χ1n) is 5.22. The highest BCUT2D eigenvalue weighted by Crippen LogP contribution is 2.15. The van der Waals surface area contributed by atoms with Crippen LogP contribution in [0.15, 0.2) is 18.2 Å². The molecule has 1 aromatic rings. The van der Waals surface area contributed by atoms with Crippen molar-refractivity contribution >= 4 is 11.6 Å². The van der Waals surface area contributed by atoms with Crippen molar-refractivity contribution in [3.8, 4) is 0 Å². The zero-order valence-electron chi connectivity index (χ0n) is 9.26. The second kappa shape index (κ2) is 6.11. The summed E-state index contributed by atoms with van der Waals surface area (Å²) in [6.07, 6.45) is 0.784. The fourth-order valence-corrected chi connectivity index (χ4v) is 1.66. The Morgan fingerprint density at radius 2 is 2.20 bits per heavy atom. The maximum Gasteiger partial charge on any atom is 0.0445 e. The number of aliphatic hydroxyl groups is 1. The maximum absolute atomic E-state index is 8.77. The molecule has 84 valence electrons. The highest BCUT2D eigenvalue weighted by molar-refractivity contribution is 6.30. The molecule has 0 aliphatic carbocycles. The zero-order chi connectivity index (χ0) is 11.3. The molecule has 0 aliphatic heterocycles. The van der Waals surface area contributed by atoms with Crippen molar-refractivity contribution in [2.24, 2.45) is 0 Å². The predicted octanol–water partition coefficient (Wildman–Crippen LogP) is 2.51. The van der Waals surface area contributed by atoms with Gasteiger partial charge in [-0.05, 0) is 43.5 Å². The van der Waals surface area contributed by atoms with Gasteiger partial charge in [-0.3, -0.25) is 0 Å². The lowest BCUT2D eigenvalue weighted by molar-refractivity contribution is 0.268. The van der Waals surface area contributed by atoms with Gasteiger partial charge < -0.3 is 10.4 Å². The lowest BCUT2D eigenvalue weighted by Gasteiger charge is -2.13. The van der Waals surface area contributed by atoms with Crippen LogP contribution in [0.3, 0.4) is 0 Å². The lowest BCUT2D eigenvalue weighted by atomic mass is 10.1. The highest BCUT2D eigenvalue weighted by atomic mass is 35.5. The van der Waals surface area contributed by atoms with Gasteiger partial charge in [0.1, 0.15) is 0 Å². The Kier molecular flexibility index (Phi) is 5.09. The van der Waals surface area contributed by atoms with Crippen LogP contribution in [0, 0.1) is 6.92 Å². The smallest absolute Gasteiger partial charge is 0.0445 e. The van der Waals surface area contributed by atoms with E-state index >= 15 is 0 Å². The van der Waals surface area contributed by atoms with Gasteiger partial charge in [-0.15, -0.1) is 0 Å². The van der Waals surface area contributed by atoms with Crippen molar-refractivity contribution in [3.63, 3.8) is 0 Å². The minimum absolute atomic E-state index is 0.230. The minimum atomic E-state index is 0.230. The molecule has 2 nitrogen and oxygen atoms in total. The molecular formula is C12H18ClNO. The molecule has 0 aliphatic rings. The van der Waals surface area contributed by atoms with E-state index in [2.05, 4.69) is 19.2 Å². The van der Waals surface area contributed by atoms with E-state index in [0.717, 1.165) is 18.0 Å². The van der Waals surface area contributed by atoms with Crippen molar-refractivity contribution < 1.29 is 5.11 Å². The first kappa shape index (κ1) is 12.5. The Bertz CT molecular complexity index is 314. The Morgan fingerprint density at radius 1 is 1.47 bits per heavy atom. The number of hydrogen-bond acceptors (Lipinski definition) is 2. The van der Waals surface area contributed by atoms with E-state index in [9.17, 15) is 0 Å². The molecule has 0 radical (unpaired) electrons. The molecule has 2 N–H and O–H groups in total. The second-order valence-electron chi connectivity index (χ2n) is 3.87. The van der Waals surface area contributed by atoms with Gasteiger partial charge in [0.05, 0.1) is 0 Å². The van der Waals surface area contributed by atoms with Gasteiger partial charge in [-0.1, -0.05) is 17.7 Å². The number of halogens is 1. The van der Waals surface area contributed by atoms with Crippen LogP contribution in [0.2, 0.25) is 5.02 Å². The summed E-state index contributed by atoms with van der Waals surface area (Å²) in [5, 5.41) is 12.9. The summed E-state index contributed by atoms with van der Waals surface area (Å²) >= 11 is 5.88. The van der Waals surface area contributed by atoms with Crippen molar-refractivity contribution in [2.75, 3.05) is 6.61 Å². The molecule has 1 rings (SSSR count). The number of benzene rings is 1. The summed E-state index contributed by atoms with van der Waals surface area (Å²) in [4.78, 5) is 0. The highest BCUT2D eigenvalue weighted by Gasteiger charge is 2.02. The van der Waals surface area contributed by atoms with Gasteiger partial charge in [0.25, 0.3) is 0 Å². The van der Waals surface area contributed by atoms with E-state index in [1.165, 1.54) is 11.1 Å². The summed E-state index contributed by atoms with van der Waals surface area (Å²) in [6, 6.07) is 6.25. The van der Waals surface area contributed by atoms with Crippen molar-refractivity contribution in [1.82, 2.24) is 5.32 Å². The SMILES string of the molecule is Cc1cc(Cl)ccc1CN[C@H](C)CCO. The molecule has 1 atom stereocenters. The normalized spacial score (nSPS) is 12.8. The zero-order valence-corrected chi connectivity index (χ0v) is 10.0. The molecule has 0 unspecified atom stereocenters. The molecule has 1 aromatic carbocycles. The molecule has 0 fully saturated rings. The first-order valence-corrected chi connectivity index (χ1v) is 5.60. The van der Waals surface area contributed by atoms with Gasteiger partial charge in [-0.2, -0.15) is 0 Å². The first-order chi connectivity index (χ1) is 7.13. The summed E-state index contributed by atoms with van der Waals surface area (Å²) in [5.74, 6) is 0. The van der Waals surface area contributed by atoms with Gasteiger partial charge in [0.15, 0.2) is 0 Å². The largest absolute Gasteiger partial charge is 0.396 e. The average Bonchev–Trinajstić information content (AvgIpc) is 2.17. The lowest BCUT2D eigenvalue weighted by Crippen LogP contribution is -2.26. The van der Waals surface area contributed by atoms with E-state index < -0.39 is 0 Å². The van der Waals surface area contributed by atoms with E-state index in [0.29, 0.717) is 6.04 Å². The topological polar surface area (TPSA) is 32.3 Å². The van der Waals surface area contributed by atoms with E-state index in [1.54, 1.807) is 0 Å². The quantitative estimate of drug-likeness (QED) is 0.810. The Hall–Kier alpha value is -0.570. The second-order valence-corrected chi connectivity index (χ2v) is 4.30. The molecule has 0 spiro atoms. The molecule has 0 aromatic heterocycles. The maximum atomic E-state index is 8.77. The van der Waals surface area contributed by atoms with Crippen LogP contribution in [0.25, 0.3) is 0 Å². The van der Waals surface area contributed by atoms with Gasteiger partial charge in [-0.25, -0.2) is 0 Å². The molecule has 0 saturated heterocycles. The third kappa shape index (κ3) is 4.20. The Labute approximate surface area is 96.3 Å². The molecule has 0 heterocycles. The van der Waals surface area contributed by atoms with Crippen LogP contribution < -0.4 is 5.32 Å². The summed E-state index contributed by atoms with van der Waals surface area (Å²) in [6.45, 7) is 5.18. The van der Waals surface area contributed by atoms with Crippen molar-refractivity contribution in [2.45, 2.75) is 32.9 Å². The standard InChI is InChI=1S/C12H18ClNO/c1-9-7-12(13)4-3-11(9)8-14-10(2)5-6-15/h3-4,7,10,14-15H,5-6,8H2,1-2H3/t10-/m1/s1. The molecule has 0 amide bonds. The Morgan fingerprint density at radius 3 is 2.80 bits per heavy atom. The number of hydrogen-bond donors (Lipinski definition) is 2. The van der Waals surface area contributed by atoms with Gasteiger partial charge in [0, 0.05) is 24.2 Å². The van der Waals surface area contributed by atoms with E-state index in [4.69, 9.17) is 16.7 Å².